The van der Waals surface area contributed by atoms with Crippen LogP contribution in [0.15, 0.2) is 30.7 Å². The van der Waals surface area contributed by atoms with E-state index in [9.17, 15) is 4.79 Å². The van der Waals surface area contributed by atoms with Crippen LogP contribution in [0.5, 0.6) is 5.75 Å². The highest BCUT2D eigenvalue weighted by Gasteiger charge is 2.45. The van der Waals surface area contributed by atoms with Crippen molar-refractivity contribution in [3.8, 4) is 17.0 Å². The number of imidazole rings is 1. The largest absolute Gasteiger partial charge is 0.458 e. The highest BCUT2D eigenvalue weighted by Crippen LogP contribution is 2.40. The lowest BCUT2D eigenvalue weighted by Gasteiger charge is -2.23. The molecule has 1 amide bonds. The molecule has 130 valence electrons. The Bertz CT molecular complexity index is 827. The monoisotopic (exact) mass is 340 g/mol. The first-order valence-corrected chi connectivity index (χ1v) is 8.73. The molecule has 2 aromatic rings. The summed E-state index contributed by atoms with van der Waals surface area (Å²) in [5.74, 6) is 0.777. The van der Waals surface area contributed by atoms with E-state index in [2.05, 4.69) is 10.3 Å². The molecule has 1 N–H and O–H groups in total. The molecule has 2 unspecified atom stereocenters. The second-order valence-electron chi connectivity index (χ2n) is 6.90. The molecule has 7 heteroatoms. The van der Waals surface area contributed by atoms with Crippen LogP contribution < -0.4 is 10.1 Å². The van der Waals surface area contributed by atoms with E-state index >= 15 is 0 Å². The Morgan fingerprint density at radius 2 is 2.20 bits per heavy atom. The van der Waals surface area contributed by atoms with Gasteiger partial charge < -0.3 is 19.7 Å². The van der Waals surface area contributed by atoms with Crippen molar-refractivity contribution in [2.75, 3.05) is 12.4 Å². The number of aromatic nitrogens is 2. The van der Waals surface area contributed by atoms with Gasteiger partial charge in [0.1, 0.15) is 12.1 Å². The zero-order valence-electron chi connectivity index (χ0n) is 14.0. The summed E-state index contributed by atoms with van der Waals surface area (Å²) in [4.78, 5) is 18.9. The number of hydrogen-bond acceptors (Lipinski definition) is 5. The number of carbonyl (C=O) groups excluding carboxylic acids is 1. The molecule has 7 nitrogen and oxygen atoms in total. The van der Waals surface area contributed by atoms with Crippen molar-refractivity contribution in [2.45, 2.75) is 44.2 Å². The van der Waals surface area contributed by atoms with Gasteiger partial charge in [0.15, 0.2) is 6.23 Å². The molecule has 1 saturated heterocycles. The van der Waals surface area contributed by atoms with Crippen LogP contribution in [0.4, 0.5) is 10.5 Å². The lowest BCUT2D eigenvalue weighted by atomic mass is 10.1. The molecule has 5 rings (SSSR count). The number of carbonyl (C=O) groups is 1. The van der Waals surface area contributed by atoms with Gasteiger partial charge in [-0.05, 0) is 31.0 Å². The number of fused-ring (bicyclic) bond motifs is 2. The topological polar surface area (TPSA) is 71.9 Å². The number of anilines is 1. The highest BCUT2D eigenvalue weighted by atomic mass is 16.8. The summed E-state index contributed by atoms with van der Waals surface area (Å²) in [6.45, 7) is 0. The second kappa shape index (κ2) is 5.49. The summed E-state index contributed by atoms with van der Waals surface area (Å²) in [5, 5.41) is 3.27. The van der Waals surface area contributed by atoms with Crippen molar-refractivity contribution in [2.24, 2.45) is 0 Å². The first-order valence-electron chi connectivity index (χ1n) is 8.73. The van der Waals surface area contributed by atoms with E-state index in [0.29, 0.717) is 6.04 Å². The molecular weight excluding hydrogens is 320 g/mol. The van der Waals surface area contributed by atoms with Gasteiger partial charge in [0, 0.05) is 24.8 Å². The Morgan fingerprint density at radius 1 is 1.36 bits per heavy atom. The fourth-order valence-electron chi connectivity index (χ4n) is 3.68. The Kier molecular flexibility index (Phi) is 3.24. The lowest BCUT2D eigenvalue weighted by molar-refractivity contribution is 0.181. The molecule has 3 heterocycles. The van der Waals surface area contributed by atoms with Crippen molar-refractivity contribution in [1.82, 2.24) is 14.5 Å². The summed E-state index contributed by atoms with van der Waals surface area (Å²) in [6.07, 6.45) is 7.74. The SMILES string of the molecule is CN(C(=O)n1cnc(-c2ccc3c(c2)NC2OC2O3)c1)C1CCCC1. The third-order valence-corrected chi connectivity index (χ3v) is 5.25. The van der Waals surface area contributed by atoms with Crippen LogP contribution in [0.25, 0.3) is 11.3 Å². The molecule has 3 aliphatic rings. The summed E-state index contributed by atoms with van der Waals surface area (Å²) in [7, 11) is 1.88. The smallest absolute Gasteiger partial charge is 0.329 e. The molecule has 1 saturated carbocycles. The molecule has 2 atom stereocenters. The lowest BCUT2D eigenvalue weighted by Crippen LogP contribution is -2.37. The van der Waals surface area contributed by atoms with E-state index in [1.165, 1.54) is 12.8 Å². The summed E-state index contributed by atoms with van der Waals surface area (Å²) in [5.41, 5.74) is 2.58. The fraction of sp³-hybridized carbons (Fsp3) is 0.444. The minimum absolute atomic E-state index is 0.0284. The van der Waals surface area contributed by atoms with Crippen LogP contribution in [0.3, 0.4) is 0 Å². The Balaban J connectivity index is 1.37. The molecule has 1 aromatic carbocycles. The highest BCUT2D eigenvalue weighted by molar-refractivity contribution is 5.79. The number of hydrogen-bond donors (Lipinski definition) is 1. The standard InChI is InChI=1S/C18H20N4O3/c1-21(12-4-2-3-5-12)18(23)22-9-14(19-10-22)11-6-7-15-13(8-11)20-16-17(24-15)25-16/h6-10,12,16-17,20H,2-5H2,1H3. The average Bonchev–Trinajstić information content (AvgIpc) is 3.06. The van der Waals surface area contributed by atoms with Gasteiger partial charge >= 0.3 is 6.03 Å². The zero-order chi connectivity index (χ0) is 17.0. The minimum atomic E-state index is -0.165. The van der Waals surface area contributed by atoms with E-state index in [1.54, 1.807) is 17.1 Å². The first-order chi connectivity index (χ1) is 12.2. The van der Waals surface area contributed by atoms with E-state index in [4.69, 9.17) is 9.47 Å². The number of amides is 1. The van der Waals surface area contributed by atoms with Gasteiger partial charge in [0.05, 0.1) is 11.4 Å². The first kappa shape index (κ1) is 14.8. The van der Waals surface area contributed by atoms with Crippen LogP contribution in [-0.2, 0) is 4.74 Å². The van der Waals surface area contributed by atoms with Gasteiger partial charge in [-0.1, -0.05) is 12.8 Å². The molecule has 0 radical (unpaired) electrons. The number of benzene rings is 1. The normalized spacial score (nSPS) is 24.0. The maximum atomic E-state index is 12.7. The van der Waals surface area contributed by atoms with Gasteiger partial charge in [0.25, 0.3) is 0 Å². The average molecular weight is 340 g/mol. The van der Waals surface area contributed by atoms with E-state index in [1.807, 2.05) is 30.1 Å². The van der Waals surface area contributed by atoms with E-state index in [-0.39, 0.29) is 18.5 Å². The van der Waals surface area contributed by atoms with Crippen LogP contribution in [0.2, 0.25) is 0 Å². The molecule has 1 aromatic heterocycles. The predicted molar refractivity (Wildman–Crippen MR) is 91.4 cm³/mol. The number of ether oxygens (including phenoxy) is 2. The van der Waals surface area contributed by atoms with Crippen molar-refractivity contribution < 1.29 is 14.3 Å². The molecule has 1 aliphatic carbocycles. The number of rotatable bonds is 2. The number of nitrogens with one attached hydrogen (secondary N) is 1. The molecule has 0 spiro atoms. The maximum Gasteiger partial charge on any atom is 0.329 e. The van der Waals surface area contributed by atoms with Crippen molar-refractivity contribution in [3.63, 3.8) is 0 Å². The van der Waals surface area contributed by atoms with Crippen LogP contribution in [0, 0.1) is 0 Å². The van der Waals surface area contributed by atoms with Crippen molar-refractivity contribution >= 4 is 11.7 Å². The van der Waals surface area contributed by atoms with E-state index in [0.717, 1.165) is 35.5 Å². The van der Waals surface area contributed by atoms with Crippen molar-refractivity contribution in [1.29, 1.82) is 0 Å². The van der Waals surface area contributed by atoms with Crippen molar-refractivity contribution in [3.05, 3.63) is 30.7 Å². The van der Waals surface area contributed by atoms with Crippen LogP contribution >= 0.6 is 0 Å². The van der Waals surface area contributed by atoms with E-state index < -0.39 is 0 Å². The third kappa shape index (κ3) is 2.55. The molecule has 2 fully saturated rings. The summed E-state index contributed by atoms with van der Waals surface area (Å²) in [6, 6.07) is 6.14. The minimum Gasteiger partial charge on any atom is -0.458 e. The second-order valence-corrected chi connectivity index (χ2v) is 6.90. The summed E-state index contributed by atoms with van der Waals surface area (Å²) >= 11 is 0. The fourth-order valence-corrected chi connectivity index (χ4v) is 3.68. The predicted octanol–water partition coefficient (Wildman–Crippen LogP) is 2.88. The van der Waals surface area contributed by atoms with Gasteiger partial charge in [0.2, 0.25) is 6.29 Å². The molecule has 25 heavy (non-hydrogen) atoms. The Hall–Kier alpha value is -2.54. The van der Waals surface area contributed by atoms with Crippen LogP contribution in [0.1, 0.15) is 25.7 Å². The number of epoxide rings is 1. The number of nitrogens with zero attached hydrogens (tertiary/aromatic N) is 3. The molecular formula is C18H20N4O3. The summed E-state index contributed by atoms with van der Waals surface area (Å²) < 4.78 is 12.5. The van der Waals surface area contributed by atoms with Gasteiger partial charge in [-0.15, -0.1) is 0 Å². The van der Waals surface area contributed by atoms with Crippen LogP contribution in [-0.4, -0.2) is 46.1 Å². The van der Waals surface area contributed by atoms with Gasteiger partial charge in [-0.2, -0.15) is 0 Å². The van der Waals surface area contributed by atoms with Gasteiger partial charge in [-0.3, -0.25) is 4.57 Å². The Morgan fingerprint density at radius 3 is 3.04 bits per heavy atom. The maximum absolute atomic E-state index is 12.7. The molecule has 2 aliphatic heterocycles. The third-order valence-electron chi connectivity index (χ3n) is 5.25. The zero-order valence-corrected chi connectivity index (χ0v) is 14.0. The molecule has 0 bridgehead atoms. The Labute approximate surface area is 145 Å². The quantitative estimate of drug-likeness (QED) is 0.851. The van der Waals surface area contributed by atoms with Gasteiger partial charge in [-0.25, -0.2) is 9.78 Å².